The van der Waals surface area contributed by atoms with Gasteiger partial charge < -0.3 is 15.5 Å². The van der Waals surface area contributed by atoms with Gasteiger partial charge in [-0.3, -0.25) is 4.90 Å². The van der Waals surface area contributed by atoms with Crippen molar-refractivity contribution in [3.63, 3.8) is 0 Å². The van der Waals surface area contributed by atoms with Gasteiger partial charge in [-0.05, 0) is 38.6 Å². The predicted octanol–water partition coefficient (Wildman–Crippen LogP) is 1.84. The van der Waals surface area contributed by atoms with E-state index >= 15 is 0 Å². The molecule has 0 bridgehead atoms. The van der Waals surface area contributed by atoms with Gasteiger partial charge in [-0.2, -0.15) is 0 Å². The summed E-state index contributed by atoms with van der Waals surface area (Å²) in [7, 11) is 0. The third-order valence-electron chi connectivity index (χ3n) is 3.84. The molecule has 0 radical (unpaired) electrons. The van der Waals surface area contributed by atoms with Gasteiger partial charge in [0.15, 0.2) is 0 Å². The van der Waals surface area contributed by atoms with E-state index in [2.05, 4.69) is 17.1 Å². The number of rotatable bonds is 4. The van der Waals surface area contributed by atoms with Crippen LogP contribution >= 0.6 is 0 Å². The number of aromatic hydroxyl groups is 2. The number of hydrogen-bond donors (Lipinski definition) is 3. The maximum atomic E-state index is 9.95. The highest BCUT2D eigenvalue weighted by atomic mass is 16.3. The molecule has 18 heavy (non-hydrogen) atoms. The van der Waals surface area contributed by atoms with E-state index in [1.54, 1.807) is 18.2 Å². The number of likely N-dealkylation sites (N-methyl/N-ethyl adjacent to an activating group) is 1. The molecule has 100 valence electrons. The Hall–Kier alpha value is -1.26. The van der Waals surface area contributed by atoms with Crippen LogP contribution in [0.5, 0.6) is 11.5 Å². The van der Waals surface area contributed by atoms with Crippen LogP contribution in [0.15, 0.2) is 18.2 Å². The molecule has 0 amide bonds. The first-order valence-corrected chi connectivity index (χ1v) is 6.62. The number of hydrogen-bond acceptors (Lipinski definition) is 4. The molecule has 1 saturated heterocycles. The standard InChI is InChI=1S/C14H22N2O2/c1-3-16(11-7-8-15-9-11)10(2)14-12(17)5-4-6-13(14)18/h4-6,10-11,15,17-18H,3,7-9H2,1-2H3. The van der Waals surface area contributed by atoms with Gasteiger partial charge in [0.2, 0.25) is 0 Å². The molecular formula is C14H22N2O2. The van der Waals surface area contributed by atoms with E-state index in [0.717, 1.165) is 26.1 Å². The van der Waals surface area contributed by atoms with Gasteiger partial charge in [-0.1, -0.05) is 13.0 Å². The summed E-state index contributed by atoms with van der Waals surface area (Å²) in [6, 6.07) is 5.41. The average Bonchev–Trinajstić information content (AvgIpc) is 2.83. The molecule has 2 unspecified atom stereocenters. The van der Waals surface area contributed by atoms with Crippen molar-refractivity contribution < 1.29 is 10.2 Å². The van der Waals surface area contributed by atoms with Crippen LogP contribution in [0.1, 0.15) is 31.9 Å². The molecule has 1 aliphatic rings. The number of phenols is 2. The molecule has 1 heterocycles. The number of benzene rings is 1. The quantitative estimate of drug-likeness (QED) is 0.763. The Bertz CT molecular complexity index is 383. The van der Waals surface area contributed by atoms with E-state index in [-0.39, 0.29) is 17.5 Å². The Kier molecular flexibility index (Phi) is 4.09. The van der Waals surface area contributed by atoms with E-state index in [4.69, 9.17) is 0 Å². The van der Waals surface area contributed by atoms with Crippen molar-refractivity contribution in [3.05, 3.63) is 23.8 Å². The summed E-state index contributed by atoms with van der Waals surface area (Å²) in [6.45, 7) is 7.08. The number of nitrogens with one attached hydrogen (secondary N) is 1. The maximum absolute atomic E-state index is 9.95. The van der Waals surface area contributed by atoms with Crippen LogP contribution in [0.2, 0.25) is 0 Å². The lowest BCUT2D eigenvalue weighted by atomic mass is 10.0. The monoisotopic (exact) mass is 250 g/mol. The third-order valence-corrected chi connectivity index (χ3v) is 3.84. The van der Waals surface area contributed by atoms with Crippen molar-refractivity contribution in [1.29, 1.82) is 0 Å². The molecule has 4 nitrogen and oxygen atoms in total. The van der Waals surface area contributed by atoms with Crippen LogP contribution in [0, 0.1) is 0 Å². The summed E-state index contributed by atoms with van der Waals surface area (Å²) in [4.78, 5) is 2.33. The van der Waals surface area contributed by atoms with Crippen molar-refractivity contribution in [2.75, 3.05) is 19.6 Å². The molecular weight excluding hydrogens is 228 g/mol. The predicted molar refractivity (Wildman–Crippen MR) is 71.8 cm³/mol. The molecule has 0 aliphatic carbocycles. The second-order valence-corrected chi connectivity index (χ2v) is 4.86. The molecule has 1 aromatic carbocycles. The Morgan fingerprint density at radius 1 is 1.39 bits per heavy atom. The summed E-state index contributed by atoms with van der Waals surface area (Å²) < 4.78 is 0. The van der Waals surface area contributed by atoms with Crippen molar-refractivity contribution in [3.8, 4) is 11.5 Å². The Balaban J connectivity index is 2.25. The summed E-state index contributed by atoms with van der Waals surface area (Å²) >= 11 is 0. The zero-order valence-electron chi connectivity index (χ0n) is 11.1. The van der Waals surface area contributed by atoms with Crippen molar-refractivity contribution in [2.45, 2.75) is 32.4 Å². The van der Waals surface area contributed by atoms with Gasteiger partial charge in [0, 0.05) is 18.6 Å². The molecule has 3 N–H and O–H groups in total. The maximum Gasteiger partial charge on any atom is 0.124 e. The lowest BCUT2D eigenvalue weighted by Gasteiger charge is -2.33. The molecule has 0 saturated carbocycles. The Morgan fingerprint density at radius 2 is 2.06 bits per heavy atom. The minimum Gasteiger partial charge on any atom is -0.507 e. The molecule has 2 atom stereocenters. The Morgan fingerprint density at radius 3 is 2.56 bits per heavy atom. The SMILES string of the molecule is CCN(C1CCNC1)C(C)c1c(O)cccc1O. The Labute approximate surface area is 108 Å². The zero-order chi connectivity index (χ0) is 13.1. The summed E-state index contributed by atoms with van der Waals surface area (Å²) in [6.07, 6.45) is 1.12. The van der Waals surface area contributed by atoms with E-state index in [0.29, 0.717) is 11.6 Å². The largest absolute Gasteiger partial charge is 0.507 e. The van der Waals surface area contributed by atoms with Crippen LogP contribution < -0.4 is 5.32 Å². The molecule has 4 heteroatoms. The zero-order valence-corrected chi connectivity index (χ0v) is 11.1. The first kappa shape index (κ1) is 13.2. The highest BCUT2D eigenvalue weighted by Gasteiger charge is 2.28. The molecule has 1 aliphatic heterocycles. The van der Waals surface area contributed by atoms with Crippen LogP contribution in [0.3, 0.4) is 0 Å². The van der Waals surface area contributed by atoms with Gasteiger partial charge in [-0.15, -0.1) is 0 Å². The van der Waals surface area contributed by atoms with E-state index in [9.17, 15) is 10.2 Å². The van der Waals surface area contributed by atoms with Gasteiger partial charge in [0.1, 0.15) is 11.5 Å². The smallest absolute Gasteiger partial charge is 0.124 e. The average molecular weight is 250 g/mol. The molecule has 1 fully saturated rings. The van der Waals surface area contributed by atoms with Gasteiger partial charge in [0.05, 0.1) is 5.56 Å². The van der Waals surface area contributed by atoms with E-state index in [1.165, 1.54) is 0 Å². The highest BCUT2D eigenvalue weighted by molar-refractivity contribution is 5.45. The third kappa shape index (κ3) is 2.44. The normalized spacial score (nSPS) is 21.4. The second-order valence-electron chi connectivity index (χ2n) is 4.86. The first-order valence-electron chi connectivity index (χ1n) is 6.62. The van der Waals surface area contributed by atoms with Gasteiger partial charge >= 0.3 is 0 Å². The van der Waals surface area contributed by atoms with Crippen molar-refractivity contribution >= 4 is 0 Å². The summed E-state index contributed by atoms with van der Waals surface area (Å²) in [5.74, 6) is 0.346. The fourth-order valence-electron chi connectivity index (χ4n) is 2.91. The highest BCUT2D eigenvalue weighted by Crippen LogP contribution is 2.36. The van der Waals surface area contributed by atoms with Crippen molar-refractivity contribution in [2.24, 2.45) is 0 Å². The van der Waals surface area contributed by atoms with Crippen LogP contribution in [0.25, 0.3) is 0 Å². The molecule has 0 spiro atoms. The van der Waals surface area contributed by atoms with Crippen LogP contribution in [-0.2, 0) is 0 Å². The fourth-order valence-corrected chi connectivity index (χ4v) is 2.91. The molecule has 2 rings (SSSR count). The van der Waals surface area contributed by atoms with Gasteiger partial charge in [-0.25, -0.2) is 0 Å². The molecule has 1 aromatic rings. The first-order chi connectivity index (χ1) is 8.65. The van der Waals surface area contributed by atoms with E-state index < -0.39 is 0 Å². The summed E-state index contributed by atoms with van der Waals surface area (Å²) in [5.41, 5.74) is 0.631. The van der Waals surface area contributed by atoms with Crippen LogP contribution in [-0.4, -0.2) is 40.8 Å². The minimum atomic E-state index is 0.0149. The fraction of sp³-hybridized carbons (Fsp3) is 0.571. The van der Waals surface area contributed by atoms with E-state index in [1.807, 2.05) is 6.92 Å². The van der Waals surface area contributed by atoms with Crippen molar-refractivity contribution in [1.82, 2.24) is 10.2 Å². The number of phenolic OH excluding ortho intramolecular Hbond substituents is 2. The lowest BCUT2D eigenvalue weighted by Crippen LogP contribution is -2.38. The molecule has 0 aromatic heterocycles. The van der Waals surface area contributed by atoms with Crippen LogP contribution in [0.4, 0.5) is 0 Å². The lowest BCUT2D eigenvalue weighted by molar-refractivity contribution is 0.158. The second kappa shape index (κ2) is 5.59. The van der Waals surface area contributed by atoms with Gasteiger partial charge in [0.25, 0.3) is 0 Å². The topological polar surface area (TPSA) is 55.7 Å². The summed E-state index contributed by atoms with van der Waals surface area (Å²) in [5, 5.41) is 23.2. The number of nitrogens with zero attached hydrogens (tertiary/aromatic N) is 1. The minimum absolute atomic E-state index is 0.0149.